The van der Waals surface area contributed by atoms with Crippen molar-refractivity contribution in [3.63, 3.8) is 0 Å². The van der Waals surface area contributed by atoms with Crippen LogP contribution in [0.1, 0.15) is 11.1 Å². The van der Waals surface area contributed by atoms with Crippen LogP contribution in [0.25, 0.3) is 0 Å². The molecule has 6 nitrogen and oxygen atoms in total. The average molecular weight is 311 g/mol. The predicted octanol–water partition coefficient (Wildman–Crippen LogP) is 2.45. The Morgan fingerprint density at radius 2 is 1.74 bits per heavy atom. The van der Waals surface area contributed by atoms with Gasteiger partial charge in [0.2, 0.25) is 5.95 Å². The lowest BCUT2D eigenvalue weighted by Crippen LogP contribution is -2.50. The second-order valence-corrected chi connectivity index (χ2v) is 5.75. The lowest BCUT2D eigenvalue weighted by atomic mass is 10.1. The van der Waals surface area contributed by atoms with E-state index in [2.05, 4.69) is 27.1 Å². The maximum absolute atomic E-state index is 12.4. The van der Waals surface area contributed by atoms with Gasteiger partial charge in [0.15, 0.2) is 0 Å². The standard InChI is InChI=1S/C17H21N5O/c1-13-4-5-15(12-14(13)2)20-17(23)22-10-8-21(9-11-22)16-18-6-3-7-19-16/h3-7,12H,8-11H2,1-2H3,(H,20,23). The lowest BCUT2D eigenvalue weighted by molar-refractivity contribution is 0.208. The third-order valence-corrected chi connectivity index (χ3v) is 4.16. The van der Waals surface area contributed by atoms with E-state index in [4.69, 9.17) is 0 Å². The number of aryl methyl sites for hydroxylation is 2. The summed E-state index contributed by atoms with van der Waals surface area (Å²) < 4.78 is 0. The average Bonchev–Trinajstić information content (AvgIpc) is 2.59. The van der Waals surface area contributed by atoms with Crippen molar-refractivity contribution >= 4 is 17.7 Å². The third-order valence-electron chi connectivity index (χ3n) is 4.16. The number of piperazine rings is 1. The molecule has 2 amide bonds. The smallest absolute Gasteiger partial charge is 0.321 e. The molecule has 0 unspecified atom stereocenters. The van der Waals surface area contributed by atoms with E-state index in [9.17, 15) is 4.79 Å². The zero-order chi connectivity index (χ0) is 16.2. The Bertz CT molecular complexity index is 681. The fourth-order valence-electron chi connectivity index (χ4n) is 2.59. The van der Waals surface area contributed by atoms with E-state index in [1.165, 1.54) is 11.1 Å². The van der Waals surface area contributed by atoms with Gasteiger partial charge in [-0.1, -0.05) is 6.07 Å². The number of anilines is 2. The first-order valence-electron chi connectivity index (χ1n) is 7.78. The van der Waals surface area contributed by atoms with Crippen molar-refractivity contribution in [2.45, 2.75) is 13.8 Å². The Balaban J connectivity index is 1.57. The van der Waals surface area contributed by atoms with Gasteiger partial charge in [-0.2, -0.15) is 0 Å². The molecule has 1 aliphatic heterocycles. The molecule has 23 heavy (non-hydrogen) atoms. The van der Waals surface area contributed by atoms with Crippen molar-refractivity contribution in [2.24, 2.45) is 0 Å². The molecule has 120 valence electrons. The highest BCUT2D eigenvalue weighted by atomic mass is 16.2. The lowest BCUT2D eigenvalue weighted by Gasteiger charge is -2.34. The number of benzene rings is 1. The highest BCUT2D eigenvalue weighted by Gasteiger charge is 2.22. The second-order valence-electron chi connectivity index (χ2n) is 5.75. The van der Waals surface area contributed by atoms with E-state index < -0.39 is 0 Å². The molecule has 1 saturated heterocycles. The van der Waals surface area contributed by atoms with Gasteiger partial charge < -0.3 is 15.1 Å². The minimum absolute atomic E-state index is 0.0538. The molecule has 0 radical (unpaired) electrons. The van der Waals surface area contributed by atoms with Crippen LogP contribution < -0.4 is 10.2 Å². The highest BCUT2D eigenvalue weighted by Crippen LogP contribution is 2.16. The zero-order valence-corrected chi connectivity index (χ0v) is 13.5. The maximum atomic E-state index is 12.4. The molecule has 2 aromatic rings. The van der Waals surface area contributed by atoms with Gasteiger partial charge in [-0.15, -0.1) is 0 Å². The van der Waals surface area contributed by atoms with Gasteiger partial charge in [-0.05, 0) is 43.2 Å². The quantitative estimate of drug-likeness (QED) is 0.925. The molecule has 2 heterocycles. The molecule has 0 atom stereocenters. The molecular weight excluding hydrogens is 290 g/mol. The van der Waals surface area contributed by atoms with Crippen LogP contribution in [0.5, 0.6) is 0 Å². The molecule has 0 bridgehead atoms. The maximum Gasteiger partial charge on any atom is 0.321 e. The minimum atomic E-state index is -0.0538. The van der Waals surface area contributed by atoms with Crippen LogP contribution in [0.15, 0.2) is 36.7 Å². The molecule has 1 N–H and O–H groups in total. The number of hydrogen-bond donors (Lipinski definition) is 1. The molecule has 1 aliphatic rings. The summed E-state index contributed by atoms with van der Waals surface area (Å²) in [5.41, 5.74) is 3.24. The molecule has 1 fully saturated rings. The van der Waals surface area contributed by atoms with Crippen LogP contribution >= 0.6 is 0 Å². The molecular formula is C17H21N5O. The number of carbonyl (C=O) groups is 1. The second kappa shape index (κ2) is 6.64. The molecule has 0 spiro atoms. The van der Waals surface area contributed by atoms with Gasteiger partial charge in [-0.25, -0.2) is 14.8 Å². The Morgan fingerprint density at radius 1 is 1.04 bits per heavy atom. The van der Waals surface area contributed by atoms with E-state index in [1.807, 2.05) is 30.0 Å². The Labute approximate surface area is 136 Å². The molecule has 6 heteroatoms. The number of hydrogen-bond acceptors (Lipinski definition) is 4. The van der Waals surface area contributed by atoms with Crippen LogP contribution in [0.2, 0.25) is 0 Å². The van der Waals surface area contributed by atoms with Crippen molar-refractivity contribution in [3.05, 3.63) is 47.8 Å². The number of amides is 2. The predicted molar refractivity (Wildman–Crippen MR) is 90.8 cm³/mol. The molecule has 1 aromatic carbocycles. The number of aromatic nitrogens is 2. The van der Waals surface area contributed by atoms with Gasteiger partial charge in [-0.3, -0.25) is 0 Å². The first-order chi connectivity index (χ1) is 11.1. The number of carbonyl (C=O) groups excluding carboxylic acids is 1. The van der Waals surface area contributed by atoms with Crippen molar-refractivity contribution in [2.75, 3.05) is 36.4 Å². The summed E-state index contributed by atoms with van der Waals surface area (Å²) in [4.78, 5) is 24.8. The highest BCUT2D eigenvalue weighted by molar-refractivity contribution is 5.89. The summed E-state index contributed by atoms with van der Waals surface area (Å²) >= 11 is 0. The Kier molecular flexibility index (Phi) is 4.41. The summed E-state index contributed by atoms with van der Waals surface area (Å²) in [5, 5.41) is 2.97. The van der Waals surface area contributed by atoms with E-state index >= 15 is 0 Å². The van der Waals surface area contributed by atoms with Crippen molar-refractivity contribution in [1.29, 1.82) is 0 Å². The van der Waals surface area contributed by atoms with Crippen LogP contribution in [0, 0.1) is 13.8 Å². The van der Waals surface area contributed by atoms with Gasteiger partial charge in [0, 0.05) is 44.3 Å². The van der Waals surface area contributed by atoms with Gasteiger partial charge >= 0.3 is 6.03 Å². The summed E-state index contributed by atoms with van der Waals surface area (Å²) in [6.45, 7) is 6.91. The van der Waals surface area contributed by atoms with Crippen LogP contribution in [0.3, 0.4) is 0 Å². The fraction of sp³-hybridized carbons (Fsp3) is 0.353. The largest absolute Gasteiger partial charge is 0.337 e. The Morgan fingerprint density at radius 3 is 2.39 bits per heavy atom. The molecule has 1 aromatic heterocycles. The summed E-state index contributed by atoms with van der Waals surface area (Å²) in [5.74, 6) is 0.724. The SMILES string of the molecule is Cc1ccc(NC(=O)N2CCN(c3ncccn3)CC2)cc1C. The van der Waals surface area contributed by atoms with Crippen LogP contribution in [-0.4, -0.2) is 47.1 Å². The fourth-order valence-corrected chi connectivity index (χ4v) is 2.59. The minimum Gasteiger partial charge on any atom is -0.337 e. The van der Waals surface area contributed by atoms with Gasteiger partial charge in [0.1, 0.15) is 0 Å². The van der Waals surface area contributed by atoms with Crippen LogP contribution in [0.4, 0.5) is 16.4 Å². The first kappa shape index (κ1) is 15.3. The number of rotatable bonds is 2. The zero-order valence-electron chi connectivity index (χ0n) is 13.5. The Hall–Kier alpha value is -2.63. The topological polar surface area (TPSA) is 61.4 Å². The monoisotopic (exact) mass is 311 g/mol. The van der Waals surface area contributed by atoms with E-state index in [1.54, 1.807) is 18.5 Å². The summed E-state index contributed by atoms with van der Waals surface area (Å²) in [6.07, 6.45) is 3.47. The third kappa shape index (κ3) is 3.59. The molecule has 0 saturated carbocycles. The van der Waals surface area contributed by atoms with Gasteiger partial charge in [0.25, 0.3) is 0 Å². The van der Waals surface area contributed by atoms with E-state index in [0.29, 0.717) is 13.1 Å². The van der Waals surface area contributed by atoms with Crippen molar-refractivity contribution < 1.29 is 4.79 Å². The first-order valence-corrected chi connectivity index (χ1v) is 7.78. The van der Waals surface area contributed by atoms with Crippen molar-refractivity contribution in [3.8, 4) is 0 Å². The molecule has 3 rings (SSSR count). The number of urea groups is 1. The van der Waals surface area contributed by atoms with Gasteiger partial charge in [0.05, 0.1) is 0 Å². The number of nitrogens with one attached hydrogen (secondary N) is 1. The van der Waals surface area contributed by atoms with Crippen molar-refractivity contribution in [1.82, 2.24) is 14.9 Å². The summed E-state index contributed by atoms with van der Waals surface area (Å²) in [7, 11) is 0. The normalized spacial score (nSPS) is 14.7. The van der Waals surface area contributed by atoms with E-state index in [-0.39, 0.29) is 6.03 Å². The summed E-state index contributed by atoms with van der Waals surface area (Å²) in [6, 6.07) is 7.71. The van der Waals surface area contributed by atoms with E-state index in [0.717, 1.165) is 24.7 Å². The number of nitrogens with zero attached hydrogens (tertiary/aromatic N) is 4. The van der Waals surface area contributed by atoms with Crippen LogP contribution in [-0.2, 0) is 0 Å². The molecule has 0 aliphatic carbocycles.